The summed E-state index contributed by atoms with van der Waals surface area (Å²) < 4.78 is 11.2. The van der Waals surface area contributed by atoms with Crippen LogP contribution in [-0.4, -0.2) is 57.9 Å². The molecule has 0 saturated carbocycles. The first kappa shape index (κ1) is 25.3. The Morgan fingerprint density at radius 2 is 2.00 bits per heavy atom. The quantitative estimate of drug-likeness (QED) is 0.554. The van der Waals surface area contributed by atoms with Crippen LogP contribution in [0.25, 0.3) is 0 Å². The van der Waals surface area contributed by atoms with Crippen molar-refractivity contribution in [1.82, 2.24) is 14.9 Å². The largest absolute Gasteiger partial charge is 0.476 e. The van der Waals surface area contributed by atoms with Gasteiger partial charge in [0.2, 0.25) is 5.88 Å². The van der Waals surface area contributed by atoms with Gasteiger partial charge in [-0.2, -0.15) is 0 Å². The number of ether oxygens (including phenoxy) is 2. The molecule has 0 saturated heterocycles. The highest BCUT2D eigenvalue weighted by Gasteiger charge is 2.26. The average molecular weight is 471 g/mol. The number of amides is 2. The van der Waals surface area contributed by atoms with Crippen LogP contribution in [0.15, 0.2) is 24.5 Å². The number of nitrogens with zero attached hydrogens (tertiary/aromatic N) is 2. The molecule has 0 fully saturated rings. The highest BCUT2D eigenvalue weighted by molar-refractivity contribution is 6.13. The Bertz CT molecular complexity index is 1010. The van der Waals surface area contributed by atoms with Crippen LogP contribution in [0.4, 0.5) is 10.5 Å². The number of rotatable bonds is 9. The fraction of sp³-hybridized carbons (Fsp3) is 0.520. The molecule has 0 aromatic carbocycles. The molecule has 1 aliphatic rings. The number of aromatic amines is 1. The maximum Gasteiger partial charge on any atom is 0.410 e. The molecule has 0 unspecified atom stereocenters. The van der Waals surface area contributed by atoms with E-state index in [0.717, 1.165) is 31.4 Å². The minimum Gasteiger partial charge on any atom is -0.476 e. The first-order valence-electron chi connectivity index (χ1n) is 11.8. The Kier molecular flexibility index (Phi) is 8.31. The maximum absolute atomic E-state index is 12.7. The van der Waals surface area contributed by atoms with Gasteiger partial charge < -0.3 is 24.7 Å². The third kappa shape index (κ3) is 6.82. The summed E-state index contributed by atoms with van der Waals surface area (Å²) >= 11 is 0. The van der Waals surface area contributed by atoms with E-state index in [2.05, 4.69) is 22.2 Å². The summed E-state index contributed by atoms with van der Waals surface area (Å²) in [5.41, 5.74) is 1.61. The van der Waals surface area contributed by atoms with E-state index in [9.17, 15) is 14.4 Å². The minimum absolute atomic E-state index is 0.00566. The highest BCUT2D eigenvalue weighted by atomic mass is 16.6. The normalized spacial score (nSPS) is 13.2. The SMILES string of the molecule is CCCCN(CCOc1ccc(NC(=O)c2c[nH]c3c2C(=O)CCC3)cn1)C(=O)OC(C)(C)C. The lowest BCUT2D eigenvalue weighted by Crippen LogP contribution is -2.39. The van der Waals surface area contributed by atoms with Gasteiger partial charge in [0.1, 0.15) is 12.2 Å². The van der Waals surface area contributed by atoms with E-state index in [1.54, 1.807) is 23.2 Å². The Balaban J connectivity index is 1.53. The van der Waals surface area contributed by atoms with Gasteiger partial charge in [-0.1, -0.05) is 13.3 Å². The number of anilines is 1. The lowest BCUT2D eigenvalue weighted by Gasteiger charge is -2.27. The van der Waals surface area contributed by atoms with Gasteiger partial charge in [-0.25, -0.2) is 9.78 Å². The molecule has 0 aliphatic heterocycles. The van der Waals surface area contributed by atoms with Crippen molar-refractivity contribution in [3.8, 4) is 5.88 Å². The number of aryl methyl sites for hydroxylation is 1. The second kappa shape index (κ2) is 11.2. The number of hydrogen-bond acceptors (Lipinski definition) is 6. The maximum atomic E-state index is 12.7. The molecule has 0 bridgehead atoms. The van der Waals surface area contributed by atoms with Crippen LogP contribution in [0.1, 0.15) is 79.8 Å². The number of carbonyl (C=O) groups excluding carboxylic acids is 3. The zero-order valence-electron chi connectivity index (χ0n) is 20.4. The molecule has 2 heterocycles. The van der Waals surface area contributed by atoms with Gasteiger partial charge in [0.15, 0.2) is 5.78 Å². The van der Waals surface area contributed by atoms with Gasteiger partial charge in [-0.15, -0.1) is 0 Å². The molecule has 2 aromatic heterocycles. The second-order valence-corrected chi connectivity index (χ2v) is 9.34. The van der Waals surface area contributed by atoms with Gasteiger partial charge in [0.05, 0.1) is 29.6 Å². The number of pyridine rings is 1. The molecule has 2 amide bonds. The number of unbranched alkanes of at least 4 members (excludes halogenated alkanes) is 1. The molecular formula is C25H34N4O5. The summed E-state index contributed by atoms with van der Waals surface area (Å²) in [4.78, 5) is 46.3. The smallest absolute Gasteiger partial charge is 0.410 e. The number of ketones is 1. The number of fused-ring (bicyclic) bond motifs is 1. The first-order chi connectivity index (χ1) is 16.2. The Labute approximate surface area is 200 Å². The lowest BCUT2D eigenvalue weighted by atomic mass is 9.93. The van der Waals surface area contributed by atoms with Crippen LogP contribution in [0.2, 0.25) is 0 Å². The molecule has 0 spiro atoms. The van der Waals surface area contributed by atoms with Gasteiger partial charge >= 0.3 is 6.09 Å². The van der Waals surface area contributed by atoms with E-state index in [1.165, 1.54) is 6.20 Å². The van der Waals surface area contributed by atoms with Crippen molar-refractivity contribution in [3.05, 3.63) is 41.3 Å². The molecule has 0 atom stereocenters. The summed E-state index contributed by atoms with van der Waals surface area (Å²) in [6, 6.07) is 3.33. The van der Waals surface area contributed by atoms with Crippen LogP contribution >= 0.6 is 0 Å². The van der Waals surface area contributed by atoms with Crippen molar-refractivity contribution < 1.29 is 23.9 Å². The predicted molar refractivity (Wildman–Crippen MR) is 128 cm³/mol. The molecule has 2 aromatic rings. The average Bonchev–Trinajstić information content (AvgIpc) is 3.22. The number of aromatic nitrogens is 2. The predicted octanol–water partition coefficient (Wildman–Crippen LogP) is 4.60. The third-order valence-electron chi connectivity index (χ3n) is 5.35. The van der Waals surface area contributed by atoms with Crippen molar-refractivity contribution in [2.24, 2.45) is 0 Å². The van der Waals surface area contributed by atoms with E-state index in [4.69, 9.17) is 9.47 Å². The van der Waals surface area contributed by atoms with Gasteiger partial charge in [0, 0.05) is 30.9 Å². The summed E-state index contributed by atoms with van der Waals surface area (Å²) in [6.07, 6.45) is 6.60. The molecule has 2 N–H and O–H groups in total. The Morgan fingerprint density at radius 1 is 1.21 bits per heavy atom. The topological polar surface area (TPSA) is 114 Å². The Morgan fingerprint density at radius 3 is 2.68 bits per heavy atom. The van der Waals surface area contributed by atoms with Gasteiger partial charge in [0.25, 0.3) is 5.91 Å². The molecule has 184 valence electrons. The number of Topliss-reactive ketones (excluding diaryl/α,β-unsaturated/α-hetero) is 1. The van der Waals surface area contributed by atoms with E-state index in [0.29, 0.717) is 42.2 Å². The van der Waals surface area contributed by atoms with E-state index in [1.807, 2.05) is 20.8 Å². The lowest BCUT2D eigenvalue weighted by molar-refractivity contribution is 0.0222. The van der Waals surface area contributed by atoms with E-state index < -0.39 is 5.60 Å². The zero-order valence-corrected chi connectivity index (χ0v) is 20.4. The molecule has 1 aliphatic carbocycles. The number of carbonyl (C=O) groups is 3. The molecule has 9 heteroatoms. The fourth-order valence-electron chi connectivity index (χ4n) is 3.68. The Hall–Kier alpha value is -3.36. The minimum atomic E-state index is -0.558. The van der Waals surface area contributed by atoms with Crippen LogP contribution in [0.5, 0.6) is 5.88 Å². The van der Waals surface area contributed by atoms with Crippen LogP contribution < -0.4 is 10.1 Å². The number of H-pyrrole nitrogens is 1. The van der Waals surface area contributed by atoms with Crippen LogP contribution in [-0.2, 0) is 11.2 Å². The molecule has 3 rings (SSSR count). The van der Waals surface area contributed by atoms with Crippen molar-refractivity contribution in [1.29, 1.82) is 0 Å². The van der Waals surface area contributed by atoms with Gasteiger partial charge in [-0.3, -0.25) is 9.59 Å². The standard InChI is InChI=1S/C25H34N4O5/c1-5-6-12-29(24(32)34-25(2,3)4)13-14-33-21-11-10-17(15-27-21)28-23(31)18-16-26-19-8-7-9-20(30)22(18)19/h10-11,15-16,26H,5-9,12-14H2,1-4H3,(H,28,31). The van der Waals surface area contributed by atoms with Gasteiger partial charge in [-0.05, 0) is 46.1 Å². The molecular weight excluding hydrogens is 436 g/mol. The first-order valence-corrected chi connectivity index (χ1v) is 11.8. The van der Waals surface area contributed by atoms with Crippen LogP contribution in [0, 0.1) is 0 Å². The van der Waals surface area contributed by atoms with E-state index >= 15 is 0 Å². The molecule has 34 heavy (non-hydrogen) atoms. The zero-order chi connectivity index (χ0) is 24.7. The van der Waals surface area contributed by atoms with E-state index in [-0.39, 0.29) is 24.4 Å². The molecule has 0 radical (unpaired) electrons. The second-order valence-electron chi connectivity index (χ2n) is 9.34. The number of hydrogen-bond donors (Lipinski definition) is 2. The third-order valence-corrected chi connectivity index (χ3v) is 5.35. The summed E-state index contributed by atoms with van der Waals surface area (Å²) in [5, 5.41) is 2.78. The summed E-state index contributed by atoms with van der Waals surface area (Å²) in [7, 11) is 0. The van der Waals surface area contributed by atoms with Crippen molar-refractivity contribution in [2.45, 2.75) is 65.4 Å². The summed E-state index contributed by atoms with van der Waals surface area (Å²) in [5.74, 6) is 0.0212. The van der Waals surface area contributed by atoms with Crippen molar-refractivity contribution >= 4 is 23.5 Å². The van der Waals surface area contributed by atoms with Crippen molar-refractivity contribution in [3.63, 3.8) is 0 Å². The highest BCUT2D eigenvalue weighted by Crippen LogP contribution is 2.25. The van der Waals surface area contributed by atoms with Crippen LogP contribution in [0.3, 0.4) is 0 Å². The summed E-state index contributed by atoms with van der Waals surface area (Å²) in [6.45, 7) is 8.82. The monoisotopic (exact) mass is 470 g/mol. The van der Waals surface area contributed by atoms with Crippen molar-refractivity contribution in [2.75, 3.05) is 25.0 Å². The number of nitrogens with one attached hydrogen (secondary N) is 2. The molecule has 9 nitrogen and oxygen atoms in total. The fourth-order valence-corrected chi connectivity index (χ4v) is 3.68.